The highest BCUT2D eigenvalue weighted by Gasteiger charge is 2.72. The molecule has 8 bridgehead atoms. The Hall–Kier alpha value is -1.84. The van der Waals surface area contributed by atoms with E-state index >= 15 is 0 Å². The maximum absolute atomic E-state index is 12.1. The van der Waals surface area contributed by atoms with Crippen LogP contribution in [0.3, 0.4) is 0 Å². The molecule has 182 valence electrons. The van der Waals surface area contributed by atoms with Crippen LogP contribution in [0.15, 0.2) is 18.2 Å². The number of carbonyl (C=O) groups is 2. The molecule has 2 unspecified atom stereocenters. The van der Waals surface area contributed by atoms with E-state index < -0.39 is 11.9 Å². The van der Waals surface area contributed by atoms with Crippen molar-refractivity contribution in [1.29, 1.82) is 0 Å². The van der Waals surface area contributed by atoms with Gasteiger partial charge in [0.25, 0.3) is 0 Å². The normalized spacial score (nSPS) is 50.0. The molecule has 9 rings (SSSR count). The number of benzene rings is 1. The molecule has 4 heteroatoms. The minimum Gasteiger partial charge on any atom is -0.478 e. The number of aromatic carboxylic acids is 2. The SMILES string of the molecule is CC12CC3(C)CC(c4ccc(C(=O)O)c(C(=O)O)c4)(C1)CC(C14CC5CC(CC(C5)C1)C4)(C2)C3. The first-order valence-corrected chi connectivity index (χ1v) is 13.6. The molecule has 0 aromatic heterocycles. The van der Waals surface area contributed by atoms with Crippen molar-refractivity contribution in [3.05, 3.63) is 34.9 Å². The van der Waals surface area contributed by atoms with Crippen LogP contribution in [-0.4, -0.2) is 22.2 Å². The Balaban J connectivity index is 1.38. The molecule has 8 saturated carbocycles. The number of rotatable bonds is 4. The third kappa shape index (κ3) is 2.72. The highest BCUT2D eigenvalue weighted by atomic mass is 16.4. The highest BCUT2D eigenvalue weighted by molar-refractivity contribution is 6.01. The zero-order valence-corrected chi connectivity index (χ0v) is 20.7. The van der Waals surface area contributed by atoms with Crippen molar-refractivity contribution in [3.8, 4) is 0 Å². The highest BCUT2D eigenvalue weighted by Crippen LogP contribution is 2.81. The molecule has 8 aliphatic rings. The summed E-state index contributed by atoms with van der Waals surface area (Å²) >= 11 is 0. The van der Waals surface area contributed by atoms with Crippen LogP contribution in [0.1, 0.15) is 117 Å². The van der Waals surface area contributed by atoms with E-state index in [2.05, 4.69) is 13.8 Å². The van der Waals surface area contributed by atoms with Gasteiger partial charge in [0.05, 0.1) is 11.1 Å². The minimum atomic E-state index is -1.15. The van der Waals surface area contributed by atoms with Crippen LogP contribution in [0.4, 0.5) is 0 Å². The van der Waals surface area contributed by atoms with Crippen molar-refractivity contribution >= 4 is 11.9 Å². The molecule has 2 N–H and O–H groups in total. The molecule has 8 fully saturated rings. The van der Waals surface area contributed by atoms with Crippen molar-refractivity contribution < 1.29 is 19.8 Å². The fourth-order valence-corrected chi connectivity index (χ4v) is 12.6. The molecule has 0 saturated heterocycles. The molecule has 2 atom stereocenters. The van der Waals surface area contributed by atoms with E-state index in [4.69, 9.17) is 0 Å². The monoisotopic (exact) mass is 462 g/mol. The maximum atomic E-state index is 12.1. The molecule has 0 heterocycles. The fourth-order valence-electron chi connectivity index (χ4n) is 12.6. The molecule has 1 aromatic rings. The van der Waals surface area contributed by atoms with Gasteiger partial charge in [-0.25, -0.2) is 9.59 Å². The second-order valence-corrected chi connectivity index (χ2v) is 14.8. The Bertz CT molecular complexity index is 1060. The Morgan fingerprint density at radius 3 is 1.74 bits per heavy atom. The molecule has 0 radical (unpaired) electrons. The Morgan fingerprint density at radius 2 is 1.24 bits per heavy atom. The van der Waals surface area contributed by atoms with Crippen LogP contribution >= 0.6 is 0 Å². The molecule has 0 amide bonds. The summed E-state index contributed by atoms with van der Waals surface area (Å²) in [5.41, 5.74) is 2.37. The quantitative estimate of drug-likeness (QED) is 0.509. The largest absolute Gasteiger partial charge is 0.478 e. The van der Waals surface area contributed by atoms with Gasteiger partial charge in [0.2, 0.25) is 0 Å². The van der Waals surface area contributed by atoms with E-state index in [0.717, 1.165) is 36.2 Å². The van der Waals surface area contributed by atoms with Crippen LogP contribution in [0.5, 0.6) is 0 Å². The van der Waals surface area contributed by atoms with Crippen molar-refractivity contribution in [3.63, 3.8) is 0 Å². The third-order valence-electron chi connectivity index (χ3n) is 11.8. The molecule has 8 aliphatic carbocycles. The number of carboxylic acids is 2. The van der Waals surface area contributed by atoms with Crippen LogP contribution in [0.25, 0.3) is 0 Å². The summed E-state index contributed by atoms with van der Waals surface area (Å²) in [5, 5.41) is 19.5. The molecule has 0 spiro atoms. The fraction of sp³-hybridized carbons (Fsp3) is 0.733. The van der Waals surface area contributed by atoms with Crippen molar-refractivity contribution in [2.45, 2.75) is 96.3 Å². The number of carboxylic acid groups (broad SMARTS) is 2. The zero-order valence-electron chi connectivity index (χ0n) is 20.7. The van der Waals surface area contributed by atoms with Crippen molar-refractivity contribution in [2.24, 2.45) is 39.4 Å². The van der Waals surface area contributed by atoms with Gasteiger partial charge >= 0.3 is 11.9 Å². The van der Waals surface area contributed by atoms with Crippen LogP contribution in [0.2, 0.25) is 0 Å². The predicted octanol–water partition coefficient (Wildman–Crippen LogP) is 6.92. The van der Waals surface area contributed by atoms with Gasteiger partial charge in [0.15, 0.2) is 0 Å². The molecular formula is C30H38O4. The molecule has 1 aromatic carbocycles. The van der Waals surface area contributed by atoms with Crippen molar-refractivity contribution in [1.82, 2.24) is 0 Å². The lowest BCUT2D eigenvalue weighted by molar-refractivity contribution is -0.246. The van der Waals surface area contributed by atoms with Gasteiger partial charge in [-0.05, 0) is 140 Å². The van der Waals surface area contributed by atoms with Gasteiger partial charge in [-0.2, -0.15) is 0 Å². The summed E-state index contributed by atoms with van der Waals surface area (Å²) in [6.45, 7) is 5.05. The van der Waals surface area contributed by atoms with Crippen molar-refractivity contribution in [2.75, 3.05) is 0 Å². The molecule has 0 aliphatic heterocycles. The summed E-state index contributed by atoms with van der Waals surface area (Å²) < 4.78 is 0. The lowest BCUT2D eigenvalue weighted by Crippen LogP contribution is -2.68. The summed E-state index contributed by atoms with van der Waals surface area (Å²) in [4.78, 5) is 23.8. The second kappa shape index (κ2) is 6.28. The van der Waals surface area contributed by atoms with Crippen LogP contribution in [0, 0.1) is 39.4 Å². The first-order valence-electron chi connectivity index (χ1n) is 13.6. The third-order valence-corrected chi connectivity index (χ3v) is 11.8. The van der Waals surface area contributed by atoms with E-state index in [1.165, 1.54) is 64.2 Å². The van der Waals surface area contributed by atoms with Gasteiger partial charge in [-0.3, -0.25) is 0 Å². The Morgan fingerprint density at radius 1 is 0.706 bits per heavy atom. The molecule has 4 nitrogen and oxygen atoms in total. The van der Waals surface area contributed by atoms with Crippen LogP contribution in [-0.2, 0) is 5.41 Å². The summed E-state index contributed by atoms with van der Waals surface area (Å²) in [7, 11) is 0. The molecule has 34 heavy (non-hydrogen) atoms. The topological polar surface area (TPSA) is 74.6 Å². The Labute approximate surface area is 202 Å². The predicted molar refractivity (Wildman–Crippen MR) is 129 cm³/mol. The minimum absolute atomic E-state index is 0.0250. The van der Waals surface area contributed by atoms with Gasteiger partial charge < -0.3 is 10.2 Å². The van der Waals surface area contributed by atoms with Gasteiger partial charge in [0.1, 0.15) is 0 Å². The van der Waals surface area contributed by atoms with E-state index in [1.54, 1.807) is 12.1 Å². The lowest BCUT2D eigenvalue weighted by Gasteiger charge is -2.76. The van der Waals surface area contributed by atoms with E-state index in [1.807, 2.05) is 6.07 Å². The van der Waals surface area contributed by atoms with E-state index in [0.29, 0.717) is 21.7 Å². The number of hydrogen-bond donors (Lipinski definition) is 2. The second-order valence-electron chi connectivity index (χ2n) is 14.8. The lowest BCUT2D eigenvalue weighted by atomic mass is 9.28. The standard InChI is InChI=1S/C30H38O4/c1-26-12-27(2)14-28(13-26,21-3-4-22(24(31)32)23(8-21)25(33)34)17-30(15-26,16-27)29-9-18-5-19(10-29)7-20(6-18)11-29/h3-4,8,18-20H,5-7,9-17H2,1-2H3,(H,31,32)(H,33,34). The van der Waals surface area contributed by atoms with Gasteiger partial charge in [0, 0.05) is 0 Å². The summed E-state index contributed by atoms with van der Waals surface area (Å²) in [6, 6.07) is 5.30. The average molecular weight is 463 g/mol. The first kappa shape index (κ1) is 21.4. The van der Waals surface area contributed by atoms with E-state index in [-0.39, 0.29) is 16.5 Å². The van der Waals surface area contributed by atoms with Gasteiger partial charge in [-0.1, -0.05) is 19.9 Å². The zero-order chi connectivity index (χ0) is 23.7. The van der Waals surface area contributed by atoms with Gasteiger partial charge in [-0.15, -0.1) is 0 Å². The maximum Gasteiger partial charge on any atom is 0.336 e. The average Bonchev–Trinajstić information content (AvgIpc) is 2.69. The smallest absolute Gasteiger partial charge is 0.336 e. The van der Waals surface area contributed by atoms with E-state index in [9.17, 15) is 19.8 Å². The number of hydrogen-bond acceptors (Lipinski definition) is 2. The Kier molecular flexibility index (Phi) is 3.96. The summed E-state index contributed by atoms with van der Waals surface area (Å²) in [5.74, 6) is 0.522. The molecular weight excluding hydrogens is 424 g/mol. The summed E-state index contributed by atoms with van der Waals surface area (Å²) in [6.07, 6.45) is 16.1. The first-order chi connectivity index (χ1) is 16.0. The van der Waals surface area contributed by atoms with Crippen LogP contribution < -0.4 is 0 Å².